The van der Waals surface area contributed by atoms with E-state index in [1.54, 1.807) is 19.2 Å². The summed E-state index contributed by atoms with van der Waals surface area (Å²) < 4.78 is 10.2. The molecular weight excluding hydrogens is 394 g/mol. The molecule has 0 spiro atoms. The minimum atomic E-state index is -0.360. The maximum atomic E-state index is 12.4. The zero-order valence-electron chi connectivity index (χ0n) is 18.6. The topological polar surface area (TPSA) is 73.5 Å². The van der Waals surface area contributed by atoms with Gasteiger partial charge in [0.2, 0.25) is 0 Å². The van der Waals surface area contributed by atoms with Crippen LogP contribution in [0.25, 0.3) is 0 Å². The van der Waals surface area contributed by atoms with E-state index in [2.05, 4.69) is 24.4 Å². The van der Waals surface area contributed by atoms with Crippen LogP contribution in [0.4, 0.5) is 0 Å². The van der Waals surface area contributed by atoms with Gasteiger partial charge in [0.1, 0.15) is 38.5 Å². The van der Waals surface area contributed by atoms with Gasteiger partial charge < -0.3 is 24.6 Å². The molecule has 7 nitrogen and oxygen atoms in total. The Morgan fingerprint density at radius 1 is 0.968 bits per heavy atom. The highest BCUT2D eigenvalue weighted by molar-refractivity contribution is 5.89. The van der Waals surface area contributed by atoms with E-state index in [1.807, 2.05) is 18.2 Å². The van der Waals surface area contributed by atoms with E-state index < -0.39 is 0 Å². The highest BCUT2D eigenvalue weighted by atomic mass is 16.5. The van der Waals surface area contributed by atoms with Crippen LogP contribution < -0.4 is 19.9 Å². The van der Waals surface area contributed by atoms with Gasteiger partial charge in [0.25, 0.3) is 5.91 Å². The molecule has 0 aliphatic carbocycles. The van der Waals surface area contributed by atoms with Crippen molar-refractivity contribution in [3.05, 3.63) is 64.7 Å². The number of hydrogen-bond donors (Lipinski definition) is 3. The molecule has 3 rings (SSSR count). The van der Waals surface area contributed by atoms with Gasteiger partial charge in [-0.3, -0.25) is 4.79 Å². The fourth-order valence-electron chi connectivity index (χ4n) is 3.99. The molecule has 1 aliphatic rings. The quantitative estimate of drug-likeness (QED) is 0.492. The van der Waals surface area contributed by atoms with Crippen LogP contribution in [0, 0.1) is 6.92 Å². The summed E-state index contributed by atoms with van der Waals surface area (Å²) in [5.41, 5.74) is 3.95. The second-order valence-corrected chi connectivity index (χ2v) is 8.13. The van der Waals surface area contributed by atoms with Gasteiger partial charge in [0, 0.05) is 12.1 Å². The van der Waals surface area contributed by atoms with E-state index >= 15 is 0 Å². The number of quaternary nitrogens is 2. The number of amides is 1. The predicted octanol–water partition coefficient (Wildman–Crippen LogP) is -0.610. The fraction of sp³-hybridized carbons (Fsp3) is 0.417. The van der Waals surface area contributed by atoms with Crippen LogP contribution in [0.15, 0.2) is 42.5 Å². The molecule has 1 fully saturated rings. The van der Waals surface area contributed by atoms with Crippen LogP contribution in [0.5, 0.6) is 5.75 Å². The first kappa shape index (κ1) is 22.8. The maximum Gasteiger partial charge on any atom is 0.337 e. The highest BCUT2D eigenvalue weighted by Crippen LogP contribution is 2.18. The molecule has 0 aromatic heterocycles. The minimum Gasteiger partial charge on any atom is -0.496 e. The van der Waals surface area contributed by atoms with E-state index in [9.17, 15) is 9.59 Å². The van der Waals surface area contributed by atoms with Crippen LogP contribution in [0.3, 0.4) is 0 Å². The number of esters is 1. The third-order valence-electron chi connectivity index (χ3n) is 5.82. The monoisotopic (exact) mass is 427 g/mol. The predicted molar refractivity (Wildman–Crippen MR) is 117 cm³/mol. The fourth-order valence-corrected chi connectivity index (χ4v) is 3.99. The average molecular weight is 428 g/mol. The van der Waals surface area contributed by atoms with E-state index in [0.29, 0.717) is 18.7 Å². The third-order valence-corrected chi connectivity index (χ3v) is 5.82. The van der Waals surface area contributed by atoms with Crippen molar-refractivity contribution < 1.29 is 28.9 Å². The number of carbonyl (C=O) groups is 2. The molecule has 3 N–H and O–H groups in total. The first-order valence-electron chi connectivity index (χ1n) is 10.7. The van der Waals surface area contributed by atoms with Crippen molar-refractivity contribution in [3.8, 4) is 5.75 Å². The lowest BCUT2D eigenvalue weighted by atomic mass is 10.1. The average Bonchev–Trinajstić information content (AvgIpc) is 2.79. The number of methoxy groups -OCH3 is 2. The number of rotatable bonds is 8. The summed E-state index contributed by atoms with van der Waals surface area (Å²) in [4.78, 5) is 26.7. The number of benzene rings is 2. The smallest absolute Gasteiger partial charge is 0.337 e. The van der Waals surface area contributed by atoms with Gasteiger partial charge in [-0.15, -0.1) is 0 Å². The van der Waals surface area contributed by atoms with Crippen LogP contribution in [0.1, 0.15) is 27.0 Å². The number of carbonyl (C=O) groups excluding carboxylic acids is 2. The molecule has 0 atom stereocenters. The van der Waals surface area contributed by atoms with Crippen molar-refractivity contribution in [2.24, 2.45) is 0 Å². The van der Waals surface area contributed by atoms with Crippen molar-refractivity contribution in [2.75, 3.05) is 46.9 Å². The molecule has 31 heavy (non-hydrogen) atoms. The summed E-state index contributed by atoms with van der Waals surface area (Å²) in [5, 5.41) is 2.98. The summed E-state index contributed by atoms with van der Waals surface area (Å²) in [6, 6.07) is 13.4. The molecule has 1 aliphatic heterocycles. The first-order chi connectivity index (χ1) is 15.0. The Labute approximate surface area is 183 Å². The molecule has 1 heterocycles. The van der Waals surface area contributed by atoms with Gasteiger partial charge in [0.05, 0.1) is 19.8 Å². The minimum absolute atomic E-state index is 0.0517. The third kappa shape index (κ3) is 6.54. The maximum absolute atomic E-state index is 12.4. The standard InChI is InChI=1S/C24H31N3O4/c1-18-4-9-22(30-2)21(14-18)16-26-10-12-27(13-11-26)17-23(28)25-15-19-5-7-20(8-6-19)24(29)31-3/h4-9,14H,10-13,15-17H2,1-3H3,(H,25,28)/p+2. The van der Waals surface area contributed by atoms with Crippen LogP contribution in [-0.2, 0) is 22.6 Å². The van der Waals surface area contributed by atoms with Gasteiger partial charge in [-0.1, -0.05) is 23.8 Å². The molecular formula is C24H33N3O4+2. The number of hydrogen-bond acceptors (Lipinski definition) is 4. The Morgan fingerprint density at radius 3 is 2.29 bits per heavy atom. The van der Waals surface area contributed by atoms with Crippen molar-refractivity contribution in [1.29, 1.82) is 0 Å². The normalized spacial score (nSPS) is 18.3. The van der Waals surface area contributed by atoms with E-state index in [0.717, 1.165) is 44.0 Å². The molecule has 2 aromatic rings. The first-order valence-corrected chi connectivity index (χ1v) is 10.7. The van der Waals surface area contributed by atoms with Crippen molar-refractivity contribution in [1.82, 2.24) is 5.32 Å². The van der Waals surface area contributed by atoms with Crippen LogP contribution in [0.2, 0.25) is 0 Å². The van der Waals surface area contributed by atoms with Gasteiger partial charge in [-0.2, -0.15) is 0 Å². The summed E-state index contributed by atoms with van der Waals surface area (Å²) in [6.07, 6.45) is 0. The zero-order valence-corrected chi connectivity index (χ0v) is 18.6. The largest absolute Gasteiger partial charge is 0.496 e. The Balaban J connectivity index is 1.41. The molecule has 1 amide bonds. The number of aryl methyl sites for hydroxylation is 1. The van der Waals surface area contributed by atoms with Crippen LogP contribution >= 0.6 is 0 Å². The lowest BCUT2D eigenvalue weighted by Gasteiger charge is -2.29. The SMILES string of the molecule is COC(=O)c1ccc(CNC(=O)C[NH+]2CC[NH+](Cc3cc(C)ccc3OC)CC2)cc1. The van der Waals surface area contributed by atoms with Crippen molar-refractivity contribution in [3.63, 3.8) is 0 Å². The molecule has 0 saturated carbocycles. The van der Waals surface area contributed by atoms with Crippen LogP contribution in [-0.4, -0.2) is 58.8 Å². The lowest BCUT2D eigenvalue weighted by molar-refractivity contribution is -1.02. The van der Waals surface area contributed by atoms with Gasteiger partial charge in [-0.25, -0.2) is 4.79 Å². The summed E-state index contributed by atoms with van der Waals surface area (Å²) in [5.74, 6) is 0.643. The van der Waals surface area contributed by atoms with Crippen molar-refractivity contribution in [2.45, 2.75) is 20.0 Å². The van der Waals surface area contributed by atoms with Gasteiger partial charge >= 0.3 is 5.97 Å². The Morgan fingerprint density at radius 2 is 1.65 bits per heavy atom. The van der Waals surface area contributed by atoms with Gasteiger partial charge in [0.15, 0.2) is 6.54 Å². The second-order valence-electron chi connectivity index (χ2n) is 8.13. The zero-order chi connectivity index (χ0) is 22.2. The number of nitrogens with one attached hydrogen (secondary N) is 3. The highest BCUT2D eigenvalue weighted by Gasteiger charge is 2.25. The molecule has 2 aromatic carbocycles. The van der Waals surface area contributed by atoms with E-state index in [1.165, 1.54) is 28.0 Å². The molecule has 166 valence electrons. The molecule has 1 saturated heterocycles. The summed E-state index contributed by atoms with van der Waals surface area (Å²) in [6.45, 7) is 8.02. The molecule has 0 bridgehead atoms. The number of ether oxygens (including phenoxy) is 2. The second kappa shape index (κ2) is 10.9. The lowest BCUT2D eigenvalue weighted by Crippen LogP contribution is -3.28. The Kier molecular flexibility index (Phi) is 8.03. The summed E-state index contributed by atoms with van der Waals surface area (Å²) >= 11 is 0. The van der Waals surface area contributed by atoms with E-state index in [4.69, 9.17) is 9.47 Å². The van der Waals surface area contributed by atoms with Gasteiger partial charge in [-0.05, 0) is 36.8 Å². The molecule has 7 heteroatoms. The number of piperazine rings is 1. The summed E-state index contributed by atoms with van der Waals surface area (Å²) in [7, 11) is 3.08. The molecule has 0 unspecified atom stereocenters. The molecule has 0 radical (unpaired) electrons. The Bertz CT molecular complexity index is 890. The van der Waals surface area contributed by atoms with Crippen molar-refractivity contribution >= 4 is 11.9 Å². The Hall–Kier alpha value is -2.90. The van der Waals surface area contributed by atoms with E-state index in [-0.39, 0.29) is 11.9 Å².